The Labute approximate surface area is 194 Å². The van der Waals surface area contributed by atoms with Crippen LogP contribution in [0, 0.1) is 0 Å². The fourth-order valence-electron chi connectivity index (χ4n) is 3.01. The molecule has 2 heterocycles. The first-order chi connectivity index (χ1) is 15.7. The number of rotatable bonds is 9. The molecular weight excluding hydrogens is 438 g/mol. The van der Waals surface area contributed by atoms with Crippen LogP contribution >= 0.6 is 22.7 Å². The van der Waals surface area contributed by atoms with Gasteiger partial charge in [-0.3, -0.25) is 9.97 Å². The molecule has 0 spiro atoms. The number of hydrogen-bond donors (Lipinski definition) is 3. The fourth-order valence-corrected chi connectivity index (χ4v) is 4.06. The zero-order valence-corrected chi connectivity index (χ0v) is 18.9. The van der Waals surface area contributed by atoms with Gasteiger partial charge in [0.2, 0.25) is 0 Å². The molecule has 0 fully saturated rings. The first-order valence-corrected chi connectivity index (χ1v) is 11.8. The molecule has 9 heteroatoms. The van der Waals surface area contributed by atoms with Crippen LogP contribution in [0.3, 0.4) is 0 Å². The molecule has 0 aliphatic rings. The van der Waals surface area contributed by atoms with Crippen LogP contribution in [0.2, 0.25) is 0 Å². The van der Waals surface area contributed by atoms with Gasteiger partial charge in [-0.1, -0.05) is 24.3 Å². The summed E-state index contributed by atoms with van der Waals surface area (Å²) in [6, 6.07) is 16.2. The van der Waals surface area contributed by atoms with E-state index in [1.807, 2.05) is 30.3 Å². The molecule has 0 aliphatic heterocycles. The molecule has 0 aliphatic carbocycles. The monoisotopic (exact) mass is 461 g/mol. The number of nitrogens with one attached hydrogen (secondary N) is 1. The van der Waals surface area contributed by atoms with Crippen LogP contribution in [0.25, 0.3) is 0 Å². The Balaban J connectivity index is 1.26. The molecule has 0 saturated heterocycles. The van der Waals surface area contributed by atoms with Gasteiger partial charge in [0.1, 0.15) is 11.7 Å². The van der Waals surface area contributed by atoms with Crippen LogP contribution in [0.5, 0.6) is 0 Å². The Morgan fingerprint density at radius 3 is 2.09 bits per heavy atom. The van der Waals surface area contributed by atoms with E-state index in [0.29, 0.717) is 11.7 Å². The highest BCUT2D eigenvalue weighted by molar-refractivity contribution is 7.12. The summed E-state index contributed by atoms with van der Waals surface area (Å²) >= 11 is 2.96. The maximum atomic E-state index is 6.06. The van der Waals surface area contributed by atoms with Crippen molar-refractivity contribution in [2.24, 2.45) is 21.5 Å². The lowest BCUT2D eigenvalue weighted by atomic mass is 10.1. The van der Waals surface area contributed by atoms with Crippen LogP contribution in [0.4, 0.5) is 11.4 Å². The minimum Gasteiger partial charge on any atom is -0.382 e. The predicted octanol–water partition coefficient (Wildman–Crippen LogP) is 4.01. The van der Waals surface area contributed by atoms with E-state index in [9.17, 15) is 0 Å². The van der Waals surface area contributed by atoms with Crippen molar-refractivity contribution < 1.29 is 0 Å². The highest BCUT2D eigenvalue weighted by Gasteiger charge is 2.03. The summed E-state index contributed by atoms with van der Waals surface area (Å²) in [5.41, 5.74) is 19.6. The number of nitrogens with zero attached hydrogens (tertiary/aromatic N) is 4. The van der Waals surface area contributed by atoms with E-state index in [-0.39, 0.29) is 0 Å². The van der Waals surface area contributed by atoms with E-state index >= 15 is 0 Å². The van der Waals surface area contributed by atoms with Gasteiger partial charge in [-0.05, 0) is 48.4 Å². The van der Waals surface area contributed by atoms with E-state index in [0.717, 1.165) is 46.2 Å². The smallest absolute Gasteiger partial charge is 0.143 e. The maximum absolute atomic E-state index is 6.06. The maximum Gasteiger partial charge on any atom is 0.143 e. The minimum absolute atomic E-state index is 0.485. The Hall–Kier alpha value is -3.40. The Kier molecular flexibility index (Phi) is 7.34. The van der Waals surface area contributed by atoms with Gasteiger partial charge in [-0.25, -0.2) is 9.98 Å². The average molecular weight is 462 g/mol. The van der Waals surface area contributed by atoms with Gasteiger partial charge in [0.15, 0.2) is 0 Å². The third kappa shape index (κ3) is 6.07. The fraction of sp³-hybridized carbons (Fsp3) is 0.130. The van der Waals surface area contributed by atoms with Crippen molar-refractivity contribution in [2.75, 3.05) is 6.54 Å². The lowest BCUT2D eigenvalue weighted by Gasteiger charge is -2.07. The quantitative estimate of drug-likeness (QED) is 0.198. The van der Waals surface area contributed by atoms with E-state index in [2.05, 4.69) is 43.5 Å². The molecule has 0 unspecified atom stereocenters. The van der Waals surface area contributed by atoms with Crippen molar-refractivity contribution in [1.82, 2.24) is 15.3 Å². The third-order valence-corrected chi connectivity index (χ3v) is 6.23. The summed E-state index contributed by atoms with van der Waals surface area (Å²) in [5, 5.41) is 3.48. The van der Waals surface area contributed by atoms with E-state index in [4.69, 9.17) is 11.5 Å². The first kappa shape index (κ1) is 21.8. The number of benzene rings is 2. The number of thiazole rings is 2. The molecule has 4 rings (SSSR count). The molecule has 5 N–H and O–H groups in total. The molecular formula is C23H23N7S2. The van der Waals surface area contributed by atoms with Gasteiger partial charge in [0.25, 0.3) is 0 Å². The second kappa shape index (κ2) is 10.8. The summed E-state index contributed by atoms with van der Waals surface area (Å²) in [4.78, 5) is 18.8. The number of aromatic nitrogens is 2. The molecule has 0 amide bonds. The molecule has 7 nitrogen and oxygen atoms in total. The second-order valence-electron chi connectivity index (χ2n) is 6.99. The van der Waals surface area contributed by atoms with Crippen LogP contribution in [0.15, 0.2) is 81.9 Å². The summed E-state index contributed by atoms with van der Waals surface area (Å²) in [6.45, 7) is 1.62. The standard InChI is InChI=1S/C23H23N7S2/c24-22(20-12-27-14-31-20)29-18-6-4-16(5-7-18)8-9-26-11-17-2-1-3-19(10-17)30-23(25)21-13-28-15-32-21/h1-7,10,12-15,26H,8-9,11H2,(H2,24,29)(H2,25,30). The molecule has 0 saturated carbocycles. The van der Waals surface area contributed by atoms with Crippen LogP contribution in [0.1, 0.15) is 20.9 Å². The molecule has 2 aromatic carbocycles. The van der Waals surface area contributed by atoms with Crippen LogP contribution in [-0.4, -0.2) is 28.2 Å². The van der Waals surface area contributed by atoms with Crippen molar-refractivity contribution in [3.05, 3.63) is 92.8 Å². The Morgan fingerprint density at radius 2 is 1.47 bits per heavy atom. The van der Waals surface area contributed by atoms with Gasteiger partial charge in [-0.15, -0.1) is 22.7 Å². The molecule has 0 atom stereocenters. The lowest BCUT2D eigenvalue weighted by molar-refractivity contribution is 0.687. The molecule has 162 valence electrons. The third-order valence-electron chi connectivity index (χ3n) is 4.64. The molecule has 0 radical (unpaired) electrons. The number of nitrogens with two attached hydrogens (primary N) is 2. The van der Waals surface area contributed by atoms with Crippen LogP contribution in [-0.2, 0) is 13.0 Å². The second-order valence-corrected chi connectivity index (χ2v) is 8.76. The van der Waals surface area contributed by atoms with Gasteiger partial charge >= 0.3 is 0 Å². The summed E-state index contributed by atoms with van der Waals surface area (Å²) in [7, 11) is 0. The number of aliphatic imine (C=N–C) groups is 2. The molecule has 32 heavy (non-hydrogen) atoms. The summed E-state index contributed by atoms with van der Waals surface area (Å²) < 4.78 is 0. The number of amidine groups is 2. The van der Waals surface area contributed by atoms with Crippen LogP contribution < -0.4 is 16.8 Å². The van der Waals surface area contributed by atoms with Gasteiger partial charge < -0.3 is 16.8 Å². The normalized spacial score (nSPS) is 12.2. The van der Waals surface area contributed by atoms with Gasteiger partial charge in [0.05, 0.1) is 32.2 Å². The molecule has 0 bridgehead atoms. The van der Waals surface area contributed by atoms with E-state index < -0.39 is 0 Å². The Morgan fingerprint density at radius 1 is 0.812 bits per heavy atom. The van der Waals surface area contributed by atoms with Crippen molar-refractivity contribution in [1.29, 1.82) is 0 Å². The zero-order valence-electron chi connectivity index (χ0n) is 17.3. The van der Waals surface area contributed by atoms with Crippen molar-refractivity contribution in [3.63, 3.8) is 0 Å². The van der Waals surface area contributed by atoms with Gasteiger partial charge in [0, 0.05) is 18.9 Å². The Bertz CT molecular complexity index is 1180. The molecule has 2 aromatic heterocycles. The highest BCUT2D eigenvalue weighted by atomic mass is 32.1. The lowest BCUT2D eigenvalue weighted by Crippen LogP contribution is -2.16. The highest BCUT2D eigenvalue weighted by Crippen LogP contribution is 2.17. The molecule has 4 aromatic rings. The van der Waals surface area contributed by atoms with Crippen molar-refractivity contribution in [3.8, 4) is 0 Å². The largest absolute Gasteiger partial charge is 0.382 e. The summed E-state index contributed by atoms with van der Waals surface area (Å²) in [5.74, 6) is 0.974. The SMILES string of the molecule is NC(=Nc1ccc(CCNCc2cccc(N=C(N)c3cncs3)c2)cc1)c1cncs1. The zero-order chi connectivity index (χ0) is 22.2. The van der Waals surface area contributed by atoms with Gasteiger partial charge in [-0.2, -0.15) is 0 Å². The summed E-state index contributed by atoms with van der Waals surface area (Å²) in [6.07, 6.45) is 4.37. The average Bonchev–Trinajstić information content (AvgIpc) is 3.53. The minimum atomic E-state index is 0.485. The van der Waals surface area contributed by atoms with Crippen molar-refractivity contribution >= 4 is 45.7 Å². The number of hydrogen-bond acceptors (Lipinski definition) is 7. The van der Waals surface area contributed by atoms with Crippen molar-refractivity contribution in [2.45, 2.75) is 13.0 Å². The first-order valence-electron chi connectivity index (χ1n) is 10.0. The topological polar surface area (TPSA) is 115 Å². The van der Waals surface area contributed by atoms with E-state index in [1.54, 1.807) is 23.4 Å². The van der Waals surface area contributed by atoms with E-state index in [1.165, 1.54) is 28.2 Å². The predicted molar refractivity (Wildman–Crippen MR) is 133 cm³/mol.